The average Bonchev–Trinajstić information content (AvgIpc) is 2.79. The maximum absolute atomic E-state index is 13.1. The molecule has 1 N–H and O–H groups in total. The van der Waals surface area contributed by atoms with Gasteiger partial charge in [0.15, 0.2) is 0 Å². The van der Waals surface area contributed by atoms with E-state index in [2.05, 4.69) is 34.5 Å². The summed E-state index contributed by atoms with van der Waals surface area (Å²) in [7, 11) is 0. The number of urea groups is 1. The minimum atomic E-state index is -0.247. The summed E-state index contributed by atoms with van der Waals surface area (Å²) in [6.45, 7) is 13.4. The summed E-state index contributed by atoms with van der Waals surface area (Å²) in [6.07, 6.45) is 3.94. The topological polar surface area (TPSA) is 65.1 Å². The second-order valence-electron chi connectivity index (χ2n) is 10.9. The van der Waals surface area contributed by atoms with Crippen molar-refractivity contribution >= 4 is 12.1 Å². The first-order valence-electron chi connectivity index (χ1n) is 12.5. The fourth-order valence-electron chi connectivity index (χ4n) is 5.80. The largest absolute Gasteiger partial charge is 0.450 e. The van der Waals surface area contributed by atoms with Crippen LogP contribution in [0.3, 0.4) is 0 Å². The van der Waals surface area contributed by atoms with E-state index in [9.17, 15) is 9.59 Å². The summed E-state index contributed by atoms with van der Waals surface area (Å²) < 4.78 is 5.17. The Morgan fingerprint density at radius 3 is 2.36 bits per heavy atom. The van der Waals surface area contributed by atoms with E-state index in [1.165, 1.54) is 11.1 Å². The average molecular weight is 457 g/mol. The zero-order valence-corrected chi connectivity index (χ0v) is 20.7. The number of rotatable bonds is 2. The molecular formula is C26H40N4O3. The molecule has 3 amide bonds. The summed E-state index contributed by atoms with van der Waals surface area (Å²) in [5, 5.41) is 3.16. The third-order valence-electron chi connectivity index (χ3n) is 7.47. The minimum absolute atomic E-state index is 0.0200. The van der Waals surface area contributed by atoms with Crippen LogP contribution < -0.4 is 5.32 Å². The van der Waals surface area contributed by atoms with Crippen LogP contribution in [0.2, 0.25) is 0 Å². The van der Waals surface area contributed by atoms with Crippen molar-refractivity contribution in [2.75, 3.05) is 39.3 Å². The van der Waals surface area contributed by atoms with Crippen LogP contribution in [0.4, 0.5) is 9.59 Å². The quantitative estimate of drug-likeness (QED) is 0.732. The molecule has 7 heteroatoms. The van der Waals surface area contributed by atoms with Gasteiger partial charge in [-0.1, -0.05) is 24.3 Å². The lowest BCUT2D eigenvalue weighted by Crippen LogP contribution is -2.58. The van der Waals surface area contributed by atoms with Gasteiger partial charge in [-0.25, -0.2) is 9.59 Å². The molecule has 0 aromatic heterocycles. The van der Waals surface area contributed by atoms with Crippen molar-refractivity contribution in [3.8, 4) is 0 Å². The molecule has 2 fully saturated rings. The molecule has 0 bridgehead atoms. The zero-order chi connectivity index (χ0) is 23.6. The lowest BCUT2D eigenvalue weighted by Gasteiger charge is -2.50. The van der Waals surface area contributed by atoms with Crippen molar-refractivity contribution in [3.63, 3.8) is 0 Å². The van der Waals surface area contributed by atoms with E-state index < -0.39 is 0 Å². The molecule has 2 saturated heterocycles. The molecule has 1 aromatic carbocycles. The first-order valence-corrected chi connectivity index (χ1v) is 12.5. The Hall–Kier alpha value is -2.28. The second kappa shape index (κ2) is 9.53. The summed E-state index contributed by atoms with van der Waals surface area (Å²) in [5.74, 6) is 0. The van der Waals surface area contributed by atoms with Crippen LogP contribution in [-0.4, -0.2) is 77.7 Å². The molecule has 0 aliphatic carbocycles. The van der Waals surface area contributed by atoms with Crippen LogP contribution in [0.15, 0.2) is 24.3 Å². The number of nitrogens with zero attached hydrogens (tertiary/aromatic N) is 3. The number of hydrogen-bond acceptors (Lipinski definition) is 4. The van der Waals surface area contributed by atoms with Gasteiger partial charge in [0.25, 0.3) is 0 Å². The SMILES string of the molecule is CCOC(=O)N1CCC(N2CCC3(CC2)CN(C(=O)NC(C)(C)C)Cc2ccccc23)CC1. The number of amides is 3. The summed E-state index contributed by atoms with van der Waals surface area (Å²) in [6, 6.07) is 9.25. The van der Waals surface area contributed by atoms with Gasteiger partial charge in [0.05, 0.1) is 6.61 Å². The van der Waals surface area contributed by atoms with Gasteiger partial charge in [-0.3, -0.25) is 0 Å². The van der Waals surface area contributed by atoms with Crippen LogP contribution in [0.5, 0.6) is 0 Å². The first-order chi connectivity index (χ1) is 15.7. The Bertz CT molecular complexity index is 849. The smallest absolute Gasteiger partial charge is 0.409 e. The fraction of sp³-hybridized carbons (Fsp3) is 0.692. The number of hydrogen-bond donors (Lipinski definition) is 1. The number of benzene rings is 1. The molecule has 33 heavy (non-hydrogen) atoms. The maximum atomic E-state index is 13.1. The maximum Gasteiger partial charge on any atom is 0.409 e. The molecule has 0 atom stereocenters. The third-order valence-corrected chi connectivity index (χ3v) is 7.47. The Morgan fingerprint density at radius 1 is 1.06 bits per heavy atom. The van der Waals surface area contributed by atoms with Crippen molar-refractivity contribution in [2.24, 2.45) is 0 Å². The lowest BCUT2D eigenvalue weighted by molar-refractivity contribution is 0.0467. The Kier molecular flexibility index (Phi) is 6.89. The van der Waals surface area contributed by atoms with Crippen LogP contribution in [0, 0.1) is 0 Å². The van der Waals surface area contributed by atoms with Gasteiger partial charge >= 0.3 is 12.1 Å². The van der Waals surface area contributed by atoms with Crippen LogP contribution in [-0.2, 0) is 16.7 Å². The predicted octanol–water partition coefficient (Wildman–Crippen LogP) is 3.96. The molecule has 4 rings (SSSR count). The van der Waals surface area contributed by atoms with Crippen LogP contribution in [0.25, 0.3) is 0 Å². The van der Waals surface area contributed by atoms with E-state index >= 15 is 0 Å². The molecule has 7 nitrogen and oxygen atoms in total. The molecule has 1 aromatic rings. The highest BCUT2D eigenvalue weighted by Gasteiger charge is 2.44. The van der Waals surface area contributed by atoms with Gasteiger partial charge in [0.1, 0.15) is 0 Å². The second-order valence-corrected chi connectivity index (χ2v) is 10.9. The van der Waals surface area contributed by atoms with E-state index in [0.717, 1.165) is 58.4 Å². The van der Waals surface area contributed by atoms with Crippen molar-refractivity contribution in [2.45, 2.75) is 76.9 Å². The Morgan fingerprint density at radius 2 is 1.73 bits per heavy atom. The molecule has 182 valence electrons. The molecule has 0 unspecified atom stereocenters. The van der Waals surface area contributed by atoms with Gasteiger partial charge < -0.3 is 24.8 Å². The number of nitrogens with one attached hydrogen (secondary N) is 1. The van der Waals surface area contributed by atoms with Gasteiger partial charge in [0, 0.05) is 43.2 Å². The highest BCUT2D eigenvalue weighted by atomic mass is 16.6. The molecule has 0 radical (unpaired) electrons. The van der Waals surface area contributed by atoms with Gasteiger partial charge in [-0.15, -0.1) is 0 Å². The number of ether oxygens (including phenoxy) is 1. The number of carbonyl (C=O) groups excluding carboxylic acids is 2. The van der Waals surface area contributed by atoms with Crippen LogP contribution in [0.1, 0.15) is 64.5 Å². The standard InChI is InChI=1S/C26H40N4O3/c1-5-33-24(32)29-14-10-21(11-15-29)28-16-12-26(13-17-28)19-30(23(31)27-25(2,3)4)18-20-8-6-7-9-22(20)26/h6-9,21H,5,10-19H2,1-4H3,(H,27,31). The van der Waals surface area contributed by atoms with Gasteiger partial charge in [-0.2, -0.15) is 0 Å². The van der Waals surface area contributed by atoms with Gasteiger partial charge in [0.2, 0.25) is 0 Å². The molecule has 3 aliphatic heterocycles. The lowest BCUT2D eigenvalue weighted by atomic mass is 9.68. The van der Waals surface area contributed by atoms with Crippen molar-refractivity contribution < 1.29 is 14.3 Å². The van der Waals surface area contributed by atoms with Gasteiger partial charge in [-0.05, 0) is 77.6 Å². The minimum Gasteiger partial charge on any atom is -0.450 e. The number of carbonyl (C=O) groups is 2. The molecule has 1 spiro atoms. The summed E-state index contributed by atoms with van der Waals surface area (Å²) in [5.41, 5.74) is 2.49. The monoisotopic (exact) mass is 456 g/mol. The van der Waals surface area contributed by atoms with E-state index in [-0.39, 0.29) is 23.1 Å². The number of fused-ring (bicyclic) bond motifs is 2. The zero-order valence-electron chi connectivity index (χ0n) is 20.7. The molecule has 3 heterocycles. The predicted molar refractivity (Wildman–Crippen MR) is 129 cm³/mol. The number of piperidine rings is 2. The van der Waals surface area contributed by atoms with E-state index in [4.69, 9.17) is 4.74 Å². The third kappa shape index (κ3) is 5.29. The van der Waals surface area contributed by atoms with Crippen LogP contribution >= 0.6 is 0 Å². The molecule has 3 aliphatic rings. The highest BCUT2D eigenvalue weighted by molar-refractivity contribution is 5.75. The summed E-state index contributed by atoms with van der Waals surface area (Å²) in [4.78, 5) is 31.6. The Balaban J connectivity index is 1.42. The number of likely N-dealkylation sites (tertiary alicyclic amines) is 2. The van der Waals surface area contributed by atoms with E-state index in [1.807, 2.05) is 37.5 Å². The van der Waals surface area contributed by atoms with E-state index in [0.29, 0.717) is 19.2 Å². The fourth-order valence-corrected chi connectivity index (χ4v) is 5.80. The Labute approximate surface area is 198 Å². The normalized spacial score (nSPS) is 21.6. The summed E-state index contributed by atoms with van der Waals surface area (Å²) >= 11 is 0. The van der Waals surface area contributed by atoms with E-state index in [1.54, 1.807) is 0 Å². The van der Waals surface area contributed by atoms with Crippen molar-refractivity contribution in [1.82, 2.24) is 20.0 Å². The molecule has 0 saturated carbocycles. The first kappa shape index (κ1) is 23.9. The highest BCUT2D eigenvalue weighted by Crippen LogP contribution is 2.42. The van der Waals surface area contributed by atoms with Crippen molar-refractivity contribution in [1.29, 1.82) is 0 Å². The molecular weight excluding hydrogens is 416 g/mol. The van der Waals surface area contributed by atoms with Crippen molar-refractivity contribution in [3.05, 3.63) is 35.4 Å².